The van der Waals surface area contributed by atoms with Crippen molar-refractivity contribution in [2.75, 3.05) is 67.1 Å². The molecule has 10 nitrogen and oxygen atoms in total. The fourth-order valence-electron chi connectivity index (χ4n) is 6.76. The van der Waals surface area contributed by atoms with Crippen molar-refractivity contribution in [2.24, 2.45) is 0 Å². The molecule has 54 heavy (non-hydrogen) atoms. The predicted octanol–water partition coefficient (Wildman–Crippen LogP) is 4.03. The summed E-state index contributed by atoms with van der Waals surface area (Å²) in [5.74, 6) is 1.51. The summed E-state index contributed by atoms with van der Waals surface area (Å²) in [6, 6.07) is 22.7. The summed E-state index contributed by atoms with van der Waals surface area (Å²) in [6.45, 7) is 6.90. The fourth-order valence-corrected chi connectivity index (χ4v) is 8.57. The van der Waals surface area contributed by atoms with Gasteiger partial charge in [0.05, 0.1) is 12.2 Å². The largest absolute Gasteiger partial charge is 0.391 e. The third kappa shape index (κ3) is 11.6. The predicted molar refractivity (Wildman–Crippen MR) is 223 cm³/mol. The van der Waals surface area contributed by atoms with Crippen LogP contribution in [0.1, 0.15) is 36.6 Å². The van der Waals surface area contributed by atoms with Gasteiger partial charge in [0.15, 0.2) is 12.2 Å². The first-order valence-electron chi connectivity index (χ1n) is 18.8. The van der Waals surface area contributed by atoms with Gasteiger partial charge in [-0.2, -0.15) is 4.57 Å². The van der Waals surface area contributed by atoms with Crippen molar-refractivity contribution in [3.8, 4) is 0 Å². The highest BCUT2D eigenvalue weighted by Crippen LogP contribution is 2.23. The number of aromatic nitrogens is 1. The standard InChI is InChI=1S/C42H50N6O4S2/c1-32-5-12-38(18-11-34-9-16-37(17-10-34)47-25-20-40(50)29-47)48(32)31-42(52)44-22-27-54-53-26-21-43-41(51)30-45-23-3-2-4-35(45)13-6-33-7-14-36(15-8-33)46-24-19-39(49)28-46/h2-18,23,32,39-40,49-50H,19-22,24-31H2,1H3/p+2. The minimum atomic E-state index is -0.247. The van der Waals surface area contributed by atoms with Gasteiger partial charge < -0.3 is 30.6 Å². The van der Waals surface area contributed by atoms with Crippen LogP contribution in [0, 0.1) is 0 Å². The third-order valence-corrected chi connectivity index (χ3v) is 12.2. The van der Waals surface area contributed by atoms with Crippen molar-refractivity contribution in [1.29, 1.82) is 0 Å². The highest BCUT2D eigenvalue weighted by Gasteiger charge is 2.25. The molecular formula is C42H52N6O4S2+2. The molecule has 0 bridgehead atoms. The van der Waals surface area contributed by atoms with E-state index in [0.29, 0.717) is 32.7 Å². The first kappa shape index (κ1) is 39.3. The van der Waals surface area contributed by atoms with Gasteiger partial charge in [-0.25, -0.2) is 4.58 Å². The van der Waals surface area contributed by atoms with Gasteiger partial charge in [0.2, 0.25) is 24.5 Å². The Hall–Kier alpha value is -4.36. The lowest BCUT2D eigenvalue weighted by atomic mass is 10.1. The molecule has 3 aliphatic rings. The van der Waals surface area contributed by atoms with E-state index in [1.807, 2.05) is 41.1 Å². The Morgan fingerprint density at radius 1 is 0.759 bits per heavy atom. The van der Waals surface area contributed by atoms with E-state index in [-0.39, 0.29) is 36.6 Å². The average molecular weight is 769 g/mol. The molecule has 0 radical (unpaired) electrons. The molecule has 1 aromatic heterocycles. The smallest absolute Gasteiger partial charge is 0.286 e. The number of aliphatic hydroxyl groups excluding tert-OH is 2. The highest BCUT2D eigenvalue weighted by atomic mass is 33.1. The number of hydrogen-bond acceptors (Lipinski definition) is 8. The van der Waals surface area contributed by atoms with Gasteiger partial charge in [0, 0.05) is 99.4 Å². The minimum Gasteiger partial charge on any atom is -0.391 e. The van der Waals surface area contributed by atoms with Crippen LogP contribution in [0.15, 0.2) is 91.2 Å². The first-order chi connectivity index (χ1) is 26.3. The van der Waals surface area contributed by atoms with Gasteiger partial charge in [0.25, 0.3) is 11.8 Å². The van der Waals surface area contributed by atoms with Crippen LogP contribution in [0.5, 0.6) is 0 Å². The van der Waals surface area contributed by atoms with Crippen molar-refractivity contribution in [1.82, 2.24) is 10.6 Å². The van der Waals surface area contributed by atoms with Crippen LogP contribution in [0.3, 0.4) is 0 Å². The molecule has 2 amide bonds. The van der Waals surface area contributed by atoms with E-state index in [1.54, 1.807) is 21.6 Å². The number of pyridine rings is 1. The van der Waals surface area contributed by atoms with Crippen LogP contribution < -0.4 is 25.0 Å². The molecule has 2 saturated heterocycles. The molecule has 4 heterocycles. The summed E-state index contributed by atoms with van der Waals surface area (Å²) in [7, 11) is 3.38. The lowest BCUT2D eigenvalue weighted by Crippen LogP contribution is -2.45. The molecule has 3 aromatic rings. The van der Waals surface area contributed by atoms with Gasteiger partial charge in [-0.15, -0.1) is 0 Å². The number of rotatable bonds is 17. The Bertz CT molecular complexity index is 1850. The Morgan fingerprint density at radius 2 is 1.31 bits per heavy atom. The average Bonchev–Trinajstić information content (AvgIpc) is 3.91. The monoisotopic (exact) mass is 768 g/mol. The van der Waals surface area contributed by atoms with Gasteiger partial charge in [-0.1, -0.05) is 45.9 Å². The molecule has 2 aromatic carbocycles. The van der Waals surface area contributed by atoms with Crippen LogP contribution in [-0.2, 0) is 16.1 Å². The molecule has 0 spiro atoms. The normalized spacial score (nSPS) is 19.9. The summed E-state index contributed by atoms with van der Waals surface area (Å²) in [6.07, 6.45) is 15.4. The second-order valence-corrected chi connectivity index (χ2v) is 16.6. The van der Waals surface area contributed by atoms with Crippen molar-refractivity contribution in [2.45, 2.75) is 44.6 Å². The summed E-state index contributed by atoms with van der Waals surface area (Å²) in [4.78, 5) is 29.9. The van der Waals surface area contributed by atoms with E-state index >= 15 is 0 Å². The zero-order chi connectivity index (χ0) is 37.7. The van der Waals surface area contributed by atoms with E-state index in [9.17, 15) is 19.8 Å². The number of aliphatic hydroxyl groups is 2. The molecule has 284 valence electrons. The summed E-state index contributed by atoms with van der Waals surface area (Å²) >= 11 is 0. The van der Waals surface area contributed by atoms with Crippen LogP contribution in [-0.4, -0.2) is 108 Å². The van der Waals surface area contributed by atoms with E-state index in [2.05, 4.69) is 105 Å². The SMILES string of the molecule is CC1C=CC(/C=C/c2ccc(N3CCC(O)C3)cc2)=[N+]1CC(=O)NCCSSCCNC(=O)C[n+]1ccccc1/C=C/c1ccc(N2CCC(O)C2)cc1. The molecule has 2 fully saturated rings. The van der Waals surface area contributed by atoms with Crippen LogP contribution in [0.2, 0.25) is 0 Å². The van der Waals surface area contributed by atoms with Gasteiger partial charge in [0.1, 0.15) is 0 Å². The van der Waals surface area contributed by atoms with Crippen molar-refractivity contribution < 1.29 is 28.9 Å². The highest BCUT2D eigenvalue weighted by molar-refractivity contribution is 8.76. The molecule has 0 aliphatic carbocycles. The molecule has 12 heteroatoms. The third-order valence-electron chi connectivity index (χ3n) is 9.81. The molecular weight excluding hydrogens is 717 g/mol. The molecule has 3 unspecified atom stereocenters. The maximum absolute atomic E-state index is 12.8. The summed E-state index contributed by atoms with van der Waals surface area (Å²) in [5.41, 5.74) is 6.36. The number of allylic oxidation sites excluding steroid dienone is 2. The minimum absolute atomic E-state index is 0.00366. The zero-order valence-corrected chi connectivity index (χ0v) is 32.6. The van der Waals surface area contributed by atoms with Gasteiger partial charge in [-0.05, 0) is 72.5 Å². The Labute approximate surface area is 326 Å². The fraction of sp³-hybridized carbons (Fsp3) is 0.381. The van der Waals surface area contributed by atoms with Crippen LogP contribution >= 0.6 is 21.6 Å². The van der Waals surface area contributed by atoms with Crippen molar-refractivity contribution in [3.63, 3.8) is 0 Å². The number of β-amino-alcohol motifs (C(OH)–C–C–N with tert-alkyl or cyclic N) is 2. The number of benzene rings is 2. The number of carbonyl (C=O) groups excluding carboxylic acids is 2. The number of nitrogens with one attached hydrogen (secondary N) is 2. The second kappa shape index (κ2) is 19.8. The van der Waals surface area contributed by atoms with E-state index in [0.717, 1.165) is 71.3 Å². The van der Waals surface area contributed by atoms with E-state index < -0.39 is 0 Å². The summed E-state index contributed by atoms with van der Waals surface area (Å²) in [5, 5.41) is 25.7. The molecule has 4 N–H and O–H groups in total. The number of carbonyl (C=O) groups is 2. The number of anilines is 2. The number of amides is 2. The van der Waals surface area contributed by atoms with Gasteiger partial charge >= 0.3 is 0 Å². The molecule has 3 aliphatic heterocycles. The van der Waals surface area contributed by atoms with Crippen molar-refractivity contribution >= 4 is 68.7 Å². The Kier molecular flexibility index (Phi) is 14.4. The topological polar surface area (TPSA) is 112 Å². The van der Waals surface area contributed by atoms with E-state index in [1.165, 1.54) is 0 Å². The summed E-state index contributed by atoms with van der Waals surface area (Å²) < 4.78 is 4.04. The quantitative estimate of drug-likeness (QED) is 0.0927. The lowest BCUT2D eigenvalue weighted by Gasteiger charge is -2.17. The maximum Gasteiger partial charge on any atom is 0.286 e. The molecule has 3 atom stereocenters. The lowest BCUT2D eigenvalue weighted by molar-refractivity contribution is -0.686. The first-order valence-corrected chi connectivity index (χ1v) is 21.3. The Morgan fingerprint density at radius 3 is 1.87 bits per heavy atom. The zero-order valence-electron chi connectivity index (χ0n) is 30.9. The van der Waals surface area contributed by atoms with Crippen LogP contribution in [0.25, 0.3) is 18.2 Å². The maximum atomic E-state index is 12.8. The van der Waals surface area contributed by atoms with Crippen molar-refractivity contribution in [3.05, 3.63) is 108 Å². The van der Waals surface area contributed by atoms with Crippen LogP contribution in [0.4, 0.5) is 11.4 Å². The number of hydrogen-bond donors (Lipinski definition) is 4. The molecule has 0 saturated carbocycles. The molecule has 6 rings (SSSR count). The Balaban J connectivity index is 0.852. The van der Waals surface area contributed by atoms with Gasteiger partial charge in [-0.3, -0.25) is 9.59 Å². The van der Waals surface area contributed by atoms with E-state index in [4.69, 9.17) is 0 Å². The second-order valence-electron chi connectivity index (χ2n) is 13.9. The number of nitrogens with zero attached hydrogens (tertiary/aromatic N) is 4.